The molecule has 0 aliphatic carbocycles. The van der Waals surface area contributed by atoms with Crippen LogP contribution < -0.4 is 5.73 Å². The number of para-hydroxylation sites is 1. The molecule has 2 N–H and O–H groups in total. The summed E-state index contributed by atoms with van der Waals surface area (Å²) in [6.45, 7) is 3.26. The average molecular weight is 241 g/mol. The molecule has 1 aliphatic rings. The number of rotatable bonds is 3. The Morgan fingerprint density at radius 3 is 3.00 bits per heavy atom. The second-order valence-corrected chi connectivity index (χ2v) is 5.09. The molecule has 94 valence electrons. The highest BCUT2D eigenvalue weighted by Gasteiger charge is 2.18. The molecule has 1 aromatic carbocycles. The molecule has 0 spiro atoms. The predicted octanol–water partition coefficient (Wildman–Crippen LogP) is 1.81. The molecule has 3 heteroatoms. The number of aromatic nitrogens is 1. The third-order valence-corrected chi connectivity index (χ3v) is 3.72. The summed E-state index contributed by atoms with van der Waals surface area (Å²) in [5.74, 6) is 0. The molecule has 1 fully saturated rings. The number of pyridine rings is 1. The van der Waals surface area contributed by atoms with Crippen LogP contribution >= 0.6 is 0 Å². The summed E-state index contributed by atoms with van der Waals surface area (Å²) in [5.41, 5.74) is 8.41. The lowest BCUT2D eigenvalue weighted by atomic mass is 10.1. The molecule has 2 aromatic rings. The van der Waals surface area contributed by atoms with Crippen molar-refractivity contribution in [2.45, 2.75) is 18.9 Å². The first-order chi connectivity index (χ1) is 8.83. The standard InChI is InChI=1S/C15H19N3/c16-14-7-10-18(11-14)9-6-13-4-1-3-12-5-2-8-17-15(12)13/h1-5,8,14H,6-7,9-11,16H2. The van der Waals surface area contributed by atoms with Crippen molar-refractivity contribution in [3.05, 3.63) is 42.1 Å². The van der Waals surface area contributed by atoms with Crippen molar-refractivity contribution in [3.63, 3.8) is 0 Å². The van der Waals surface area contributed by atoms with Crippen molar-refractivity contribution in [1.29, 1.82) is 0 Å². The lowest BCUT2D eigenvalue weighted by Crippen LogP contribution is -2.28. The van der Waals surface area contributed by atoms with E-state index in [4.69, 9.17) is 5.73 Å². The third-order valence-electron chi connectivity index (χ3n) is 3.72. The number of benzene rings is 1. The maximum atomic E-state index is 5.93. The van der Waals surface area contributed by atoms with E-state index in [1.807, 2.05) is 12.3 Å². The third kappa shape index (κ3) is 2.37. The van der Waals surface area contributed by atoms with Crippen LogP contribution in [0.2, 0.25) is 0 Å². The Hall–Kier alpha value is -1.45. The van der Waals surface area contributed by atoms with Crippen LogP contribution in [0.25, 0.3) is 10.9 Å². The summed E-state index contributed by atoms with van der Waals surface area (Å²) in [6, 6.07) is 10.9. The highest BCUT2D eigenvalue weighted by molar-refractivity contribution is 5.81. The molecule has 0 bridgehead atoms. The lowest BCUT2D eigenvalue weighted by molar-refractivity contribution is 0.339. The zero-order valence-corrected chi connectivity index (χ0v) is 10.5. The fourth-order valence-electron chi connectivity index (χ4n) is 2.71. The molecular weight excluding hydrogens is 222 g/mol. The predicted molar refractivity (Wildman–Crippen MR) is 74.5 cm³/mol. The molecule has 18 heavy (non-hydrogen) atoms. The van der Waals surface area contributed by atoms with Crippen LogP contribution in [0, 0.1) is 0 Å². The van der Waals surface area contributed by atoms with Gasteiger partial charge in [0.25, 0.3) is 0 Å². The number of fused-ring (bicyclic) bond motifs is 1. The Morgan fingerprint density at radius 1 is 1.28 bits per heavy atom. The zero-order valence-electron chi connectivity index (χ0n) is 10.5. The van der Waals surface area contributed by atoms with Gasteiger partial charge >= 0.3 is 0 Å². The molecule has 0 amide bonds. The van der Waals surface area contributed by atoms with Crippen molar-refractivity contribution in [2.24, 2.45) is 5.73 Å². The van der Waals surface area contributed by atoms with E-state index in [1.165, 1.54) is 10.9 Å². The minimum atomic E-state index is 0.371. The van der Waals surface area contributed by atoms with Crippen molar-refractivity contribution in [1.82, 2.24) is 9.88 Å². The summed E-state index contributed by atoms with van der Waals surface area (Å²) in [7, 11) is 0. The van der Waals surface area contributed by atoms with E-state index in [2.05, 4.69) is 34.1 Å². The minimum absolute atomic E-state index is 0.371. The summed E-state index contributed by atoms with van der Waals surface area (Å²) in [6.07, 6.45) is 4.06. The largest absolute Gasteiger partial charge is 0.326 e. The van der Waals surface area contributed by atoms with Crippen LogP contribution in [0.1, 0.15) is 12.0 Å². The highest BCUT2D eigenvalue weighted by atomic mass is 15.2. The van der Waals surface area contributed by atoms with Gasteiger partial charge in [0.15, 0.2) is 0 Å². The van der Waals surface area contributed by atoms with Crippen LogP contribution in [0.15, 0.2) is 36.5 Å². The van der Waals surface area contributed by atoms with Crippen molar-refractivity contribution >= 4 is 10.9 Å². The van der Waals surface area contributed by atoms with Gasteiger partial charge in [-0.15, -0.1) is 0 Å². The number of likely N-dealkylation sites (tertiary alicyclic amines) is 1. The second kappa shape index (κ2) is 5.04. The fraction of sp³-hybridized carbons (Fsp3) is 0.400. The molecule has 0 radical (unpaired) electrons. The summed E-state index contributed by atoms with van der Waals surface area (Å²) in [4.78, 5) is 6.95. The van der Waals surface area contributed by atoms with Gasteiger partial charge in [0.05, 0.1) is 5.52 Å². The molecule has 3 nitrogen and oxygen atoms in total. The van der Waals surface area contributed by atoms with Gasteiger partial charge in [-0.05, 0) is 31.0 Å². The summed E-state index contributed by atoms with van der Waals surface area (Å²) in [5, 5.41) is 1.23. The normalized spacial score (nSPS) is 20.6. The Morgan fingerprint density at radius 2 is 2.17 bits per heavy atom. The average Bonchev–Trinajstić information content (AvgIpc) is 2.82. The minimum Gasteiger partial charge on any atom is -0.326 e. The van der Waals surface area contributed by atoms with E-state index < -0.39 is 0 Å². The van der Waals surface area contributed by atoms with Crippen LogP contribution in [0.4, 0.5) is 0 Å². The second-order valence-electron chi connectivity index (χ2n) is 5.09. The Kier molecular flexibility index (Phi) is 3.26. The molecule has 0 saturated carbocycles. The monoisotopic (exact) mass is 241 g/mol. The van der Waals surface area contributed by atoms with Crippen LogP contribution in [0.3, 0.4) is 0 Å². The lowest BCUT2D eigenvalue weighted by Gasteiger charge is -2.15. The van der Waals surface area contributed by atoms with E-state index in [1.54, 1.807) is 0 Å². The summed E-state index contributed by atoms with van der Waals surface area (Å²) >= 11 is 0. The van der Waals surface area contributed by atoms with Gasteiger partial charge in [-0.2, -0.15) is 0 Å². The molecule has 1 unspecified atom stereocenters. The van der Waals surface area contributed by atoms with E-state index >= 15 is 0 Å². The van der Waals surface area contributed by atoms with Crippen molar-refractivity contribution in [3.8, 4) is 0 Å². The van der Waals surface area contributed by atoms with E-state index in [0.717, 1.165) is 38.0 Å². The molecule has 2 heterocycles. The SMILES string of the molecule is NC1CCN(CCc2cccc3cccnc23)C1. The molecule has 1 aliphatic heterocycles. The molecular formula is C15H19N3. The number of hydrogen-bond acceptors (Lipinski definition) is 3. The van der Waals surface area contributed by atoms with Crippen molar-refractivity contribution < 1.29 is 0 Å². The zero-order chi connectivity index (χ0) is 12.4. The number of nitrogens with zero attached hydrogens (tertiary/aromatic N) is 2. The summed E-state index contributed by atoms with van der Waals surface area (Å²) < 4.78 is 0. The van der Waals surface area contributed by atoms with Gasteiger partial charge in [-0.3, -0.25) is 4.98 Å². The first kappa shape index (κ1) is 11.6. The van der Waals surface area contributed by atoms with Crippen LogP contribution in [-0.2, 0) is 6.42 Å². The molecule has 1 atom stereocenters. The van der Waals surface area contributed by atoms with Gasteiger partial charge in [-0.1, -0.05) is 24.3 Å². The quantitative estimate of drug-likeness (QED) is 0.891. The molecule has 1 aromatic heterocycles. The van der Waals surface area contributed by atoms with E-state index in [0.29, 0.717) is 6.04 Å². The first-order valence-electron chi connectivity index (χ1n) is 6.63. The van der Waals surface area contributed by atoms with E-state index in [-0.39, 0.29) is 0 Å². The van der Waals surface area contributed by atoms with Gasteiger partial charge in [-0.25, -0.2) is 0 Å². The van der Waals surface area contributed by atoms with Crippen LogP contribution in [0.5, 0.6) is 0 Å². The first-order valence-corrected chi connectivity index (χ1v) is 6.63. The van der Waals surface area contributed by atoms with Gasteiger partial charge in [0.1, 0.15) is 0 Å². The van der Waals surface area contributed by atoms with Gasteiger partial charge < -0.3 is 10.6 Å². The fourth-order valence-corrected chi connectivity index (χ4v) is 2.71. The Balaban J connectivity index is 1.74. The number of nitrogens with two attached hydrogens (primary N) is 1. The molecule has 1 saturated heterocycles. The van der Waals surface area contributed by atoms with Crippen molar-refractivity contribution in [2.75, 3.05) is 19.6 Å². The topological polar surface area (TPSA) is 42.1 Å². The smallest absolute Gasteiger partial charge is 0.0734 e. The Bertz CT molecular complexity index is 533. The van der Waals surface area contributed by atoms with Gasteiger partial charge in [0.2, 0.25) is 0 Å². The highest BCUT2D eigenvalue weighted by Crippen LogP contribution is 2.17. The Labute approximate surface area is 108 Å². The number of hydrogen-bond donors (Lipinski definition) is 1. The maximum Gasteiger partial charge on any atom is 0.0734 e. The van der Waals surface area contributed by atoms with Crippen LogP contribution in [-0.4, -0.2) is 35.6 Å². The maximum absolute atomic E-state index is 5.93. The molecule has 3 rings (SSSR count). The van der Waals surface area contributed by atoms with Gasteiger partial charge in [0, 0.05) is 30.7 Å². The van der Waals surface area contributed by atoms with E-state index in [9.17, 15) is 0 Å².